The second-order valence-electron chi connectivity index (χ2n) is 6.94. The summed E-state index contributed by atoms with van der Waals surface area (Å²) in [4.78, 5) is 29.2. The van der Waals surface area contributed by atoms with E-state index in [0.717, 1.165) is 5.69 Å². The molecule has 1 atom stereocenters. The number of carbonyl (C=O) groups excluding carboxylic acids is 2. The fraction of sp³-hybridized carbons (Fsp3) is 0.300. The van der Waals surface area contributed by atoms with Crippen molar-refractivity contribution in [2.24, 2.45) is 5.73 Å². The lowest BCUT2D eigenvalue weighted by molar-refractivity contribution is 0.0995. The van der Waals surface area contributed by atoms with Crippen LogP contribution in [0.1, 0.15) is 45.9 Å². The van der Waals surface area contributed by atoms with Gasteiger partial charge in [0, 0.05) is 12.1 Å². The zero-order valence-corrected chi connectivity index (χ0v) is 16.3. The lowest BCUT2D eigenvalue weighted by atomic mass is 10.1. The summed E-state index contributed by atoms with van der Waals surface area (Å²) in [6, 6.07) is 4.86. The summed E-state index contributed by atoms with van der Waals surface area (Å²) in [6.45, 7) is 8.51. The van der Waals surface area contributed by atoms with Gasteiger partial charge in [0.15, 0.2) is 0 Å². The van der Waals surface area contributed by atoms with Gasteiger partial charge in [-0.2, -0.15) is 5.10 Å². The monoisotopic (exact) mass is 394 g/mol. The van der Waals surface area contributed by atoms with Crippen LogP contribution in [0.3, 0.4) is 0 Å². The molecule has 4 rings (SSSR count). The summed E-state index contributed by atoms with van der Waals surface area (Å²) in [5.74, 6) is 0.0190. The van der Waals surface area contributed by atoms with E-state index >= 15 is 0 Å². The minimum absolute atomic E-state index is 0.0856. The summed E-state index contributed by atoms with van der Waals surface area (Å²) in [5.41, 5.74) is 8.19. The van der Waals surface area contributed by atoms with Gasteiger partial charge >= 0.3 is 0 Å². The molecule has 0 spiro atoms. The van der Waals surface area contributed by atoms with Crippen molar-refractivity contribution in [2.75, 3.05) is 11.9 Å². The number of rotatable bonds is 6. The van der Waals surface area contributed by atoms with E-state index < -0.39 is 5.91 Å². The number of carbonyl (C=O) groups is 2. The lowest BCUT2D eigenvalue weighted by Gasteiger charge is -2.26. The zero-order chi connectivity index (χ0) is 20.7. The first-order chi connectivity index (χ1) is 13.9. The molecule has 0 aliphatic carbocycles. The zero-order valence-electron chi connectivity index (χ0n) is 16.3. The number of hydrogen-bond donors (Lipinski definition) is 2. The Morgan fingerprint density at radius 3 is 2.90 bits per heavy atom. The van der Waals surface area contributed by atoms with Gasteiger partial charge in [0.1, 0.15) is 23.6 Å². The molecule has 0 saturated carbocycles. The maximum Gasteiger partial charge on any atom is 0.276 e. The van der Waals surface area contributed by atoms with E-state index in [4.69, 9.17) is 10.5 Å². The topological polar surface area (TPSA) is 117 Å². The second-order valence-corrected chi connectivity index (χ2v) is 6.94. The summed E-state index contributed by atoms with van der Waals surface area (Å²) in [6.07, 6.45) is 2.43. The predicted molar refractivity (Wildman–Crippen MR) is 108 cm³/mol. The number of nitrogens with one attached hydrogen (secondary N) is 1. The fourth-order valence-electron chi connectivity index (χ4n) is 3.65. The highest BCUT2D eigenvalue weighted by molar-refractivity contribution is 6.04. The van der Waals surface area contributed by atoms with Crippen LogP contribution in [0.2, 0.25) is 0 Å². The fourth-order valence-corrected chi connectivity index (χ4v) is 3.65. The van der Waals surface area contributed by atoms with Gasteiger partial charge in [-0.3, -0.25) is 24.2 Å². The van der Waals surface area contributed by atoms with E-state index in [2.05, 4.69) is 22.0 Å². The van der Waals surface area contributed by atoms with Gasteiger partial charge in [-0.15, -0.1) is 6.58 Å². The van der Waals surface area contributed by atoms with E-state index in [-0.39, 0.29) is 11.9 Å². The number of amides is 2. The van der Waals surface area contributed by atoms with Crippen LogP contribution < -0.4 is 15.8 Å². The first kappa shape index (κ1) is 18.7. The largest absolute Gasteiger partial charge is 0.489 e. The van der Waals surface area contributed by atoms with Gasteiger partial charge < -0.3 is 10.5 Å². The Kier molecular flexibility index (Phi) is 4.57. The van der Waals surface area contributed by atoms with Gasteiger partial charge in [-0.25, -0.2) is 4.98 Å². The minimum Gasteiger partial charge on any atom is -0.489 e. The molecule has 3 N–H and O–H groups in total. The van der Waals surface area contributed by atoms with Gasteiger partial charge in [-0.05, 0) is 38.5 Å². The van der Waals surface area contributed by atoms with Crippen LogP contribution in [-0.2, 0) is 6.54 Å². The van der Waals surface area contributed by atoms with Gasteiger partial charge in [-0.1, -0.05) is 6.08 Å². The SMILES string of the molecule is C=CC[C@H]1COc2cc(C(N)=O)cc3nc(NC(=O)c4cc(C)nn4CC)n1c23. The molecule has 1 aliphatic rings. The van der Waals surface area contributed by atoms with Crippen LogP contribution in [0.25, 0.3) is 11.0 Å². The number of anilines is 1. The molecule has 9 nitrogen and oxygen atoms in total. The van der Waals surface area contributed by atoms with Crippen molar-refractivity contribution in [3.05, 3.63) is 47.8 Å². The third kappa shape index (κ3) is 3.14. The number of hydrogen-bond acceptors (Lipinski definition) is 5. The molecule has 0 bridgehead atoms. The first-order valence-electron chi connectivity index (χ1n) is 9.38. The number of aryl methyl sites for hydroxylation is 2. The summed E-state index contributed by atoms with van der Waals surface area (Å²) in [7, 11) is 0. The predicted octanol–water partition coefficient (Wildman–Crippen LogP) is 2.42. The molecule has 0 unspecified atom stereocenters. The number of nitrogens with zero attached hydrogens (tertiary/aromatic N) is 4. The average Bonchev–Trinajstić information content (AvgIpc) is 3.25. The minimum atomic E-state index is -0.567. The molecule has 2 aromatic heterocycles. The highest BCUT2D eigenvalue weighted by atomic mass is 16.5. The molecule has 1 aliphatic heterocycles. The smallest absolute Gasteiger partial charge is 0.276 e. The maximum absolute atomic E-state index is 12.9. The highest BCUT2D eigenvalue weighted by Gasteiger charge is 2.28. The molecule has 3 heterocycles. The summed E-state index contributed by atoms with van der Waals surface area (Å²) >= 11 is 0. The van der Waals surface area contributed by atoms with Crippen LogP contribution >= 0.6 is 0 Å². The summed E-state index contributed by atoms with van der Waals surface area (Å²) < 4.78 is 9.42. The van der Waals surface area contributed by atoms with Gasteiger partial charge in [0.05, 0.1) is 17.3 Å². The molecule has 3 aromatic rings. The molecule has 0 radical (unpaired) electrons. The van der Waals surface area contributed by atoms with Crippen LogP contribution in [0.5, 0.6) is 5.75 Å². The standard InChI is InChI=1S/C20H22N6O3/c1-4-6-13-10-29-16-9-12(18(21)27)8-14-17(16)26(13)20(22-14)23-19(28)15-7-11(3)24-25(15)5-2/h4,7-9,13H,1,5-6,10H2,2-3H3,(H2,21,27)(H,22,23,28)/t13-/m0/s1. The Hall–Kier alpha value is -3.62. The van der Waals surface area contributed by atoms with Crippen LogP contribution in [0.15, 0.2) is 30.9 Å². The molecule has 9 heteroatoms. The quantitative estimate of drug-likeness (QED) is 0.623. The molecule has 0 fully saturated rings. The highest BCUT2D eigenvalue weighted by Crippen LogP contribution is 2.38. The number of benzene rings is 1. The molecular weight excluding hydrogens is 372 g/mol. The van der Waals surface area contributed by atoms with E-state index in [1.165, 1.54) is 0 Å². The number of aromatic nitrogens is 4. The Morgan fingerprint density at radius 1 is 1.41 bits per heavy atom. The normalized spacial score (nSPS) is 15.2. The number of nitrogens with two attached hydrogens (primary N) is 1. The third-order valence-electron chi connectivity index (χ3n) is 4.93. The number of allylic oxidation sites excluding steroid dienone is 1. The van der Waals surface area contributed by atoms with Crippen molar-refractivity contribution < 1.29 is 14.3 Å². The van der Waals surface area contributed by atoms with Crippen LogP contribution in [0, 0.1) is 6.92 Å². The molecule has 0 saturated heterocycles. The van der Waals surface area contributed by atoms with Crippen LogP contribution in [-0.4, -0.2) is 37.8 Å². The number of ether oxygens (including phenoxy) is 1. The van der Waals surface area contributed by atoms with Crippen molar-refractivity contribution in [3.8, 4) is 5.75 Å². The first-order valence-corrected chi connectivity index (χ1v) is 9.38. The molecule has 2 amide bonds. The van der Waals surface area contributed by atoms with Crippen molar-refractivity contribution in [1.82, 2.24) is 19.3 Å². The van der Waals surface area contributed by atoms with Gasteiger partial charge in [0.25, 0.3) is 5.91 Å². The lowest BCUT2D eigenvalue weighted by Crippen LogP contribution is -2.26. The number of imidazole rings is 1. The van der Waals surface area contributed by atoms with Gasteiger partial charge in [0.2, 0.25) is 11.9 Å². The van der Waals surface area contributed by atoms with E-state index in [1.807, 2.05) is 18.4 Å². The molecule has 150 valence electrons. The van der Waals surface area contributed by atoms with Crippen molar-refractivity contribution >= 4 is 28.8 Å². The van der Waals surface area contributed by atoms with E-state index in [9.17, 15) is 9.59 Å². The Bertz CT molecular complexity index is 1140. The maximum atomic E-state index is 12.9. The van der Waals surface area contributed by atoms with Crippen molar-refractivity contribution in [2.45, 2.75) is 32.9 Å². The molecule has 1 aromatic carbocycles. The summed E-state index contributed by atoms with van der Waals surface area (Å²) in [5, 5.41) is 7.22. The number of primary amides is 1. The third-order valence-corrected chi connectivity index (χ3v) is 4.93. The van der Waals surface area contributed by atoms with Crippen LogP contribution in [0.4, 0.5) is 5.95 Å². The van der Waals surface area contributed by atoms with E-state index in [0.29, 0.717) is 53.6 Å². The molecule has 29 heavy (non-hydrogen) atoms. The second kappa shape index (κ2) is 7.08. The average molecular weight is 394 g/mol. The van der Waals surface area contributed by atoms with E-state index in [1.54, 1.807) is 29.0 Å². The Labute approximate surface area is 167 Å². The van der Waals surface area contributed by atoms with Crippen molar-refractivity contribution in [3.63, 3.8) is 0 Å². The Morgan fingerprint density at radius 2 is 2.21 bits per heavy atom. The van der Waals surface area contributed by atoms with Crippen molar-refractivity contribution in [1.29, 1.82) is 0 Å². The molecular formula is C20H22N6O3. The Balaban J connectivity index is 1.82.